The lowest BCUT2D eigenvalue weighted by molar-refractivity contribution is 0.0120. The third-order valence-electron chi connectivity index (χ3n) is 4.49. The Morgan fingerprint density at radius 2 is 2.35 bits per heavy atom. The lowest BCUT2D eigenvalue weighted by atomic mass is 9.97. The number of hydrogen-bond donors (Lipinski definition) is 1. The quantitative estimate of drug-likeness (QED) is 0.926. The van der Waals surface area contributed by atoms with Crippen molar-refractivity contribution in [1.82, 2.24) is 15.0 Å². The van der Waals surface area contributed by atoms with Gasteiger partial charge in [0, 0.05) is 31.4 Å². The van der Waals surface area contributed by atoms with Crippen molar-refractivity contribution >= 4 is 11.6 Å². The first-order chi connectivity index (χ1) is 11.2. The molecule has 2 aliphatic heterocycles. The maximum absolute atomic E-state index is 12.3. The Hall–Kier alpha value is -2.41. The highest BCUT2D eigenvalue weighted by atomic mass is 16.5. The number of anilines is 1. The van der Waals surface area contributed by atoms with Crippen molar-refractivity contribution in [3.05, 3.63) is 42.5 Å². The van der Waals surface area contributed by atoms with Crippen LogP contribution in [-0.2, 0) is 4.74 Å². The van der Waals surface area contributed by atoms with Gasteiger partial charge in [-0.1, -0.05) is 5.16 Å². The monoisotopic (exact) mass is 314 g/mol. The van der Waals surface area contributed by atoms with Crippen molar-refractivity contribution < 1.29 is 14.1 Å². The predicted octanol–water partition coefficient (Wildman–Crippen LogP) is 1.56. The number of hydrogen-bond acceptors (Lipinski definition) is 6. The Bertz CT molecular complexity index is 676. The lowest BCUT2D eigenvalue weighted by Crippen LogP contribution is -2.36. The molecule has 1 amide bonds. The largest absolute Gasteiger partial charge is 0.379 e. The molecule has 2 aromatic heterocycles. The molecule has 2 saturated heterocycles. The van der Waals surface area contributed by atoms with Gasteiger partial charge in [-0.25, -0.2) is 0 Å². The summed E-state index contributed by atoms with van der Waals surface area (Å²) < 4.78 is 11.0. The number of aromatic nitrogens is 2. The zero-order chi connectivity index (χ0) is 15.7. The summed E-state index contributed by atoms with van der Waals surface area (Å²) in [7, 11) is 0. The molecular weight excluding hydrogens is 296 g/mol. The van der Waals surface area contributed by atoms with E-state index in [0.717, 1.165) is 18.5 Å². The molecule has 2 atom stereocenters. The number of nitrogens with one attached hydrogen (secondary N) is 1. The number of carbonyl (C=O) groups is 1. The summed E-state index contributed by atoms with van der Waals surface area (Å²) in [5.41, 5.74) is 0.737. The average Bonchev–Trinajstić information content (AvgIpc) is 3.31. The minimum atomic E-state index is -0.254. The van der Waals surface area contributed by atoms with E-state index in [1.54, 1.807) is 23.4 Å². The van der Waals surface area contributed by atoms with Gasteiger partial charge in [-0.2, -0.15) is 0 Å². The molecule has 2 unspecified atom stereocenters. The summed E-state index contributed by atoms with van der Waals surface area (Å²) in [5.74, 6) is 0.164. The summed E-state index contributed by atoms with van der Waals surface area (Å²) in [6.07, 6.45) is 6.76. The highest BCUT2D eigenvalue weighted by molar-refractivity contribution is 5.91. The molecule has 7 nitrogen and oxygen atoms in total. The van der Waals surface area contributed by atoms with Crippen molar-refractivity contribution in [3.63, 3.8) is 0 Å². The van der Waals surface area contributed by atoms with Crippen LogP contribution in [0.2, 0.25) is 0 Å². The smallest absolute Gasteiger partial charge is 0.292 e. The summed E-state index contributed by atoms with van der Waals surface area (Å²) in [6.45, 7) is 1.91. The van der Waals surface area contributed by atoms with E-state index in [4.69, 9.17) is 9.26 Å². The van der Waals surface area contributed by atoms with Crippen LogP contribution in [0.15, 0.2) is 41.3 Å². The first-order valence-electron chi connectivity index (χ1n) is 7.75. The molecule has 4 heterocycles. The fourth-order valence-electron chi connectivity index (χ4n) is 3.41. The van der Waals surface area contributed by atoms with Crippen LogP contribution in [-0.4, -0.2) is 52.3 Å². The molecule has 0 aliphatic carbocycles. The molecule has 2 aliphatic rings. The van der Waals surface area contributed by atoms with Crippen molar-refractivity contribution in [2.75, 3.05) is 25.0 Å². The molecule has 0 saturated carbocycles. The van der Waals surface area contributed by atoms with Crippen LogP contribution in [0.4, 0.5) is 5.69 Å². The van der Waals surface area contributed by atoms with Gasteiger partial charge in [0.1, 0.15) is 0 Å². The molecule has 0 aromatic carbocycles. The van der Waals surface area contributed by atoms with Gasteiger partial charge in [0.05, 0.1) is 36.7 Å². The van der Waals surface area contributed by atoms with E-state index in [1.807, 2.05) is 12.1 Å². The second kappa shape index (κ2) is 5.66. The normalized spacial score (nSPS) is 26.8. The highest BCUT2D eigenvalue weighted by Crippen LogP contribution is 2.36. The Balaban J connectivity index is 1.38. The number of carbonyl (C=O) groups excluding carboxylic acids is 1. The fraction of sp³-hybridized carbons (Fsp3) is 0.438. The van der Waals surface area contributed by atoms with E-state index in [9.17, 15) is 4.79 Å². The van der Waals surface area contributed by atoms with Crippen molar-refractivity contribution in [2.45, 2.75) is 24.5 Å². The third kappa shape index (κ3) is 2.79. The third-order valence-corrected chi connectivity index (χ3v) is 4.49. The number of pyridine rings is 1. The van der Waals surface area contributed by atoms with Crippen LogP contribution in [0.5, 0.6) is 0 Å². The summed E-state index contributed by atoms with van der Waals surface area (Å²) >= 11 is 0. The molecule has 120 valence electrons. The SMILES string of the molecule is O=C(c1ccno1)N1CCC2(CC(Nc3cccnc3)CO2)C1. The number of amides is 1. The zero-order valence-corrected chi connectivity index (χ0v) is 12.6. The number of likely N-dealkylation sites (tertiary alicyclic amines) is 1. The maximum Gasteiger partial charge on any atom is 0.292 e. The molecule has 2 aromatic rings. The van der Waals surface area contributed by atoms with Crippen LogP contribution in [0.3, 0.4) is 0 Å². The van der Waals surface area contributed by atoms with E-state index in [1.165, 1.54) is 6.20 Å². The first kappa shape index (κ1) is 14.2. The Labute approximate surface area is 133 Å². The minimum absolute atomic E-state index is 0.119. The van der Waals surface area contributed by atoms with E-state index in [-0.39, 0.29) is 23.3 Å². The molecule has 0 radical (unpaired) electrons. The van der Waals surface area contributed by atoms with E-state index < -0.39 is 0 Å². The summed E-state index contributed by atoms with van der Waals surface area (Å²) in [5, 5.41) is 7.04. The molecule has 4 rings (SSSR count). The topological polar surface area (TPSA) is 80.5 Å². The van der Waals surface area contributed by atoms with Crippen molar-refractivity contribution in [3.8, 4) is 0 Å². The standard InChI is InChI=1S/C16H18N4O3/c21-15(14-3-6-18-23-14)20-7-4-16(11-20)8-13(10-22-16)19-12-2-1-5-17-9-12/h1-3,5-6,9,13,19H,4,7-8,10-11H2. The van der Waals surface area contributed by atoms with Gasteiger partial charge in [0.15, 0.2) is 0 Å². The number of nitrogens with zero attached hydrogens (tertiary/aromatic N) is 3. The Kier molecular flexibility index (Phi) is 3.49. The molecule has 1 N–H and O–H groups in total. The average molecular weight is 314 g/mol. The Morgan fingerprint density at radius 3 is 3.13 bits per heavy atom. The van der Waals surface area contributed by atoms with Crippen molar-refractivity contribution in [1.29, 1.82) is 0 Å². The van der Waals surface area contributed by atoms with E-state index >= 15 is 0 Å². The molecule has 23 heavy (non-hydrogen) atoms. The molecule has 0 bridgehead atoms. The summed E-state index contributed by atoms with van der Waals surface area (Å²) in [4.78, 5) is 18.2. The molecular formula is C16H18N4O3. The van der Waals surface area contributed by atoms with E-state index in [0.29, 0.717) is 19.7 Å². The fourth-order valence-corrected chi connectivity index (χ4v) is 3.41. The van der Waals surface area contributed by atoms with Gasteiger partial charge in [0.2, 0.25) is 5.76 Å². The second-order valence-corrected chi connectivity index (χ2v) is 6.13. The molecule has 1 spiro atoms. The van der Waals surface area contributed by atoms with Gasteiger partial charge in [-0.05, 0) is 18.6 Å². The van der Waals surface area contributed by atoms with Gasteiger partial charge in [0.25, 0.3) is 5.91 Å². The van der Waals surface area contributed by atoms with Gasteiger partial charge < -0.3 is 19.5 Å². The molecule has 7 heteroatoms. The second-order valence-electron chi connectivity index (χ2n) is 6.13. The van der Waals surface area contributed by atoms with Crippen LogP contribution in [0.25, 0.3) is 0 Å². The Morgan fingerprint density at radius 1 is 1.39 bits per heavy atom. The first-order valence-corrected chi connectivity index (χ1v) is 7.75. The predicted molar refractivity (Wildman–Crippen MR) is 82.0 cm³/mol. The zero-order valence-electron chi connectivity index (χ0n) is 12.6. The van der Waals surface area contributed by atoms with Crippen LogP contribution >= 0.6 is 0 Å². The number of ether oxygens (including phenoxy) is 1. The van der Waals surface area contributed by atoms with Gasteiger partial charge >= 0.3 is 0 Å². The van der Waals surface area contributed by atoms with Crippen LogP contribution in [0, 0.1) is 0 Å². The lowest BCUT2D eigenvalue weighted by Gasteiger charge is -2.23. The van der Waals surface area contributed by atoms with Crippen molar-refractivity contribution in [2.24, 2.45) is 0 Å². The van der Waals surface area contributed by atoms with E-state index in [2.05, 4.69) is 15.5 Å². The minimum Gasteiger partial charge on any atom is -0.379 e. The van der Waals surface area contributed by atoms with Crippen LogP contribution in [0.1, 0.15) is 23.4 Å². The molecule has 2 fully saturated rings. The maximum atomic E-state index is 12.3. The van der Waals surface area contributed by atoms with Crippen LogP contribution < -0.4 is 5.32 Å². The van der Waals surface area contributed by atoms with Gasteiger partial charge in [-0.3, -0.25) is 9.78 Å². The summed E-state index contributed by atoms with van der Waals surface area (Å²) in [6, 6.07) is 5.73. The highest BCUT2D eigenvalue weighted by Gasteiger charge is 2.47. The van der Waals surface area contributed by atoms with Gasteiger partial charge in [-0.15, -0.1) is 0 Å². The number of rotatable bonds is 3.